The van der Waals surface area contributed by atoms with E-state index in [1.54, 1.807) is 0 Å². The zero-order chi connectivity index (χ0) is 28.5. The minimum absolute atomic E-state index is 0.0436. The standard InChI is InChI=1S/C34H33N5OS/c1-22-14-16-26(17-15-22)36-31(40)18-20-38-33(32(37-34(38)41)29-12-6-7-19-35-29)28-21-23(2)39(24(28)3)30-13-8-10-25-9-4-5-11-27(25)30/h4-17,19,21,32-33H,18,20H2,1-3H3,(H,36,40)(H,37,41). The van der Waals surface area contributed by atoms with Gasteiger partial charge >= 0.3 is 0 Å². The van der Waals surface area contributed by atoms with E-state index in [-0.39, 0.29) is 18.0 Å². The van der Waals surface area contributed by atoms with E-state index < -0.39 is 0 Å². The molecular weight excluding hydrogens is 526 g/mol. The maximum Gasteiger partial charge on any atom is 0.226 e. The molecule has 0 spiro atoms. The van der Waals surface area contributed by atoms with E-state index in [4.69, 9.17) is 12.2 Å². The lowest BCUT2D eigenvalue weighted by Gasteiger charge is -2.28. The second-order valence-corrected chi connectivity index (χ2v) is 11.0. The van der Waals surface area contributed by atoms with Gasteiger partial charge in [-0.25, -0.2) is 0 Å². The van der Waals surface area contributed by atoms with Crippen LogP contribution in [0.4, 0.5) is 5.69 Å². The molecule has 1 fully saturated rings. The number of nitrogens with zero attached hydrogens (tertiary/aromatic N) is 3. The maximum atomic E-state index is 13.0. The molecule has 1 aliphatic heterocycles. The van der Waals surface area contributed by atoms with E-state index in [2.05, 4.69) is 87.5 Å². The molecule has 3 heterocycles. The number of hydrogen-bond acceptors (Lipinski definition) is 3. The summed E-state index contributed by atoms with van der Waals surface area (Å²) in [6.07, 6.45) is 2.12. The molecule has 5 aromatic rings. The molecule has 1 saturated heterocycles. The van der Waals surface area contributed by atoms with Crippen molar-refractivity contribution in [3.05, 3.63) is 125 Å². The van der Waals surface area contributed by atoms with Gasteiger partial charge in [-0.2, -0.15) is 0 Å². The Morgan fingerprint density at radius 3 is 2.49 bits per heavy atom. The molecule has 2 N–H and O–H groups in total. The Bertz CT molecular complexity index is 1720. The third-order valence-corrected chi connectivity index (χ3v) is 8.26. The number of aromatic nitrogens is 2. The summed E-state index contributed by atoms with van der Waals surface area (Å²) < 4.78 is 2.33. The summed E-state index contributed by atoms with van der Waals surface area (Å²) in [5.74, 6) is -0.0436. The molecule has 2 aromatic heterocycles. The highest BCUT2D eigenvalue weighted by molar-refractivity contribution is 7.80. The Hall–Kier alpha value is -4.49. The van der Waals surface area contributed by atoms with Crippen molar-refractivity contribution in [1.29, 1.82) is 0 Å². The van der Waals surface area contributed by atoms with Crippen LogP contribution < -0.4 is 10.6 Å². The van der Waals surface area contributed by atoms with Crippen LogP contribution >= 0.6 is 12.2 Å². The summed E-state index contributed by atoms with van der Waals surface area (Å²) >= 11 is 5.88. The van der Waals surface area contributed by atoms with Gasteiger partial charge in [0, 0.05) is 41.6 Å². The number of benzene rings is 3. The Kier molecular flexibility index (Phi) is 7.28. The number of amides is 1. The molecule has 1 amide bonds. The van der Waals surface area contributed by atoms with Crippen LogP contribution in [0.2, 0.25) is 0 Å². The smallest absolute Gasteiger partial charge is 0.226 e. The summed E-state index contributed by atoms with van der Waals surface area (Å²) in [6.45, 7) is 6.83. The maximum absolute atomic E-state index is 13.0. The zero-order valence-corrected chi connectivity index (χ0v) is 24.3. The quantitative estimate of drug-likeness (QED) is 0.211. The Balaban J connectivity index is 1.36. The summed E-state index contributed by atoms with van der Waals surface area (Å²) in [6, 6.07) is 30.7. The van der Waals surface area contributed by atoms with Crippen molar-refractivity contribution >= 4 is 39.7 Å². The van der Waals surface area contributed by atoms with Crippen molar-refractivity contribution in [2.75, 3.05) is 11.9 Å². The minimum Gasteiger partial charge on any atom is -0.352 e. The number of carbonyl (C=O) groups is 1. The highest BCUT2D eigenvalue weighted by Gasteiger charge is 2.41. The fourth-order valence-electron chi connectivity index (χ4n) is 5.93. The fraction of sp³-hybridized carbons (Fsp3) is 0.206. The fourth-order valence-corrected chi connectivity index (χ4v) is 6.26. The third kappa shape index (κ3) is 5.21. The summed E-state index contributed by atoms with van der Waals surface area (Å²) in [7, 11) is 0. The van der Waals surface area contributed by atoms with Crippen LogP contribution in [0.5, 0.6) is 0 Å². The van der Waals surface area contributed by atoms with Crippen LogP contribution in [-0.2, 0) is 4.79 Å². The van der Waals surface area contributed by atoms with Crippen LogP contribution in [0.25, 0.3) is 16.5 Å². The Labute approximate surface area is 246 Å². The topological polar surface area (TPSA) is 62.2 Å². The number of hydrogen-bond donors (Lipinski definition) is 2. The first-order valence-corrected chi connectivity index (χ1v) is 14.3. The summed E-state index contributed by atoms with van der Waals surface area (Å²) in [4.78, 5) is 19.8. The van der Waals surface area contributed by atoms with E-state index >= 15 is 0 Å². The first-order chi connectivity index (χ1) is 19.9. The number of carbonyl (C=O) groups excluding carboxylic acids is 1. The van der Waals surface area contributed by atoms with Crippen LogP contribution in [0.3, 0.4) is 0 Å². The van der Waals surface area contributed by atoms with Crippen molar-refractivity contribution < 1.29 is 4.79 Å². The number of pyridine rings is 1. The molecule has 206 valence electrons. The third-order valence-electron chi connectivity index (χ3n) is 7.91. The molecule has 2 atom stereocenters. The first-order valence-electron chi connectivity index (χ1n) is 13.9. The Morgan fingerprint density at radius 2 is 1.71 bits per heavy atom. The second kappa shape index (κ2) is 11.2. The number of thiocarbonyl (C=S) groups is 1. The monoisotopic (exact) mass is 559 g/mol. The van der Waals surface area contributed by atoms with E-state index in [1.807, 2.05) is 55.6 Å². The molecular formula is C34H33N5OS. The summed E-state index contributed by atoms with van der Waals surface area (Å²) in [5.41, 5.74) is 7.47. The van der Waals surface area contributed by atoms with Crippen molar-refractivity contribution in [1.82, 2.24) is 19.8 Å². The van der Waals surface area contributed by atoms with E-state index in [0.717, 1.165) is 39.6 Å². The van der Waals surface area contributed by atoms with Crippen LogP contribution in [0, 0.1) is 20.8 Å². The molecule has 0 radical (unpaired) electrons. The number of anilines is 1. The van der Waals surface area contributed by atoms with Gasteiger partial charge in [0.15, 0.2) is 5.11 Å². The van der Waals surface area contributed by atoms with Gasteiger partial charge in [0.2, 0.25) is 5.91 Å². The van der Waals surface area contributed by atoms with Gasteiger partial charge < -0.3 is 20.1 Å². The molecule has 7 heteroatoms. The molecule has 2 unspecified atom stereocenters. The van der Waals surface area contributed by atoms with Crippen molar-refractivity contribution in [2.45, 2.75) is 39.3 Å². The van der Waals surface area contributed by atoms with Gasteiger partial charge in [-0.15, -0.1) is 0 Å². The van der Waals surface area contributed by atoms with E-state index in [1.165, 1.54) is 10.8 Å². The Morgan fingerprint density at radius 1 is 0.951 bits per heavy atom. The van der Waals surface area contributed by atoms with Crippen molar-refractivity contribution in [3.8, 4) is 5.69 Å². The van der Waals surface area contributed by atoms with Gasteiger partial charge in [-0.05, 0) is 80.3 Å². The molecule has 0 bridgehead atoms. The zero-order valence-electron chi connectivity index (χ0n) is 23.5. The SMILES string of the molecule is Cc1ccc(NC(=O)CCN2C(=S)NC(c3ccccn3)C2c2cc(C)n(-c3cccc4ccccc34)c2C)cc1. The highest BCUT2D eigenvalue weighted by Crippen LogP contribution is 2.42. The first kappa shape index (κ1) is 26.7. The van der Waals surface area contributed by atoms with Gasteiger partial charge in [-0.1, -0.05) is 60.2 Å². The minimum atomic E-state index is -0.148. The van der Waals surface area contributed by atoms with E-state index in [9.17, 15) is 4.79 Å². The van der Waals surface area contributed by atoms with Crippen molar-refractivity contribution in [3.63, 3.8) is 0 Å². The molecule has 3 aromatic carbocycles. The van der Waals surface area contributed by atoms with Crippen molar-refractivity contribution in [2.24, 2.45) is 0 Å². The average molecular weight is 560 g/mol. The van der Waals surface area contributed by atoms with Gasteiger partial charge in [0.1, 0.15) is 0 Å². The normalized spacial score (nSPS) is 16.7. The molecule has 41 heavy (non-hydrogen) atoms. The lowest BCUT2D eigenvalue weighted by Crippen LogP contribution is -2.32. The molecule has 0 saturated carbocycles. The van der Waals surface area contributed by atoms with Gasteiger partial charge in [-0.3, -0.25) is 9.78 Å². The molecule has 1 aliphatic rings. The predicted octanol–water partition coefficient (Wildman–Crippen LogP) is 6.95. The average Bonchev–Trinajstić information content (AvgIpc) is 3.47. The van der Waals surface area contributed by atoms with Crippen LogP contribution in [-0.4, -0.2) is 32.0 Å². The molecule has 0 aliphatic carbocycles. The predicted molar refractivity (Wildman–Crippen MR) is 169 cm³/mol. The van der Waals surface area contributed by atoms with Gasteiger partial charge in [0.05, 0.1) is 23.5 Å². The van der Waals surface area contributed by atoms with Crippen LogP contribution in [0.1, 0.15) is 46.7 Å². The molecule has 6 nitrogen and oxygen atoms in total. The molecule has 6 rings (SSSR count). The number of fused-ring (bicyclic) bond motifs is 1. The number of aryl methyl sites for hydroxylation is 2. The van der Waals surface area contributed by atoms with E-state index in [0.29, 0.717) is 18.1 Å². The lowest BCUT2D eigenvalue weighted by molar-refractivity contribution is -0.116. The number of rotatable bonds is 7. The van der Waals surface area contributed by atoms with Crippen LogP contribution in [0.15, 0.2) is 97.2 Å². The second-order valence-electron chi connectivity index (χ2n) is 10.6. The highest BCUT2D eigenvalue weighted by atomic mass is 32.1. The largest absolute Gasteiger partial charge is 0.352 e. The number of nitrogens with one attached hydrogen (secondary N) is 2. The lowest BCUT2D eigenvalue weighted by atomic mass is 9.96. The summed E-state index contributed by atoms with van der Waals surface area (Å²) in [5, 5.41) is 9.59. The van der Waals surface area contributed by atoms with Gasteiger partial charge in [0.25, 0.3) is 0 Å².